The molecule has 0 fully saturated rings. The van der Waals surface area contributed by atoms with Gasteiger partial charge in [0.05, 0.1) is 6.61 Å². The van der Waals surface area contributed by atoms with Gasteiger partial charge in [0.25, 0.3) is 0 Å². The van der Waals surface area contributed by atoms with E-state index in [0.29, 0.717) is 11.1 Å². The van der Waals surface area contributed by atoms with Gasteiger partial charge in [-0.25, -0.2) is 9.59 Å². The van der Waals surface area contributed by atoms with Crippen molar-refractivity contribution in [2.75, 3.05) is 6.61 Å². The smallest absolute Gasteiger partial charge is 0.348 e. The van der Waals surface area contributed by atoms with Crippen molar-refractivity contribution in [1.82, 2.24) is 0 Å². The summed E-state index contributed by atoms with van der Waals surface area (Å²) in [5, 5.41) is 10.6. The molecule has 1 aliphatic heterocycles. The first-order chi connectivity index (χ1) is 12.1. The third-order valence-corrected chi connectivity index (χ3v) is 3.68. The lowest BCUT2D eigenvalue weighted by atomic mass is 10.0. The topological polar surface area (TPSA) is 72.8 Å². The Morgan fingerprint density at radius 3 is 2.24 bits per heavy atom. The zero-order valence-corrected chi connectivity index (χ0v) is 13.6. The molecule has 0 aliphatic carbocycles. The minimum Gasteiger partial charge on any atom is -0.504 e. The van der Waals surface area contributed by atoms with Crippen LogP contribution in [0.4, 0.5) is 0 Å². The van der Waals surface area contributed by atoms with Gasteiger partial charge in [0.1, 0.15) is 11.1 Å². The Morgan fingerprint density at radius 2 is 1.64 bits per heavy atom. The Morgan fingerprint density at radius 1 is 1.04 bits per heavy atom. The number of carbonyl (C=O) groups excluding carboxylic acids is 2. The summed E-state index contributed by atoms with van der Waals surface area (Å²) in [7, 11) is 0. The van der Waals surface area contributed by atoms with E-state index in [2.05, 4.69) is 0 Å². The van der Waals surface area contributed by atoms with E-state index in [-0.39, 0.29) is 29.3 Å². The van der Waals surface area contributed by atoms with Gasteiger partial charge in [0.2, 0.25) is 0 Å². The molecule has 0 bridgehead atoms. The molecule has 0 spiro atoms. The highest BCUT2D eigenvalue weighted by atomic mass is 16.6. The Balaban J connectivity index is 2.19. The zero-order valence-electron chi connectivity index (χ0n) is 13.6. The van der Waals surface area contributed by atoms with Crippen LogP contribution in [-0.2, 0) is 19.1 Å². The maximum absolute atomic E-state index is 12.4. The van der Waals surface area contributed by atoms with Crippen LogP contribution in [0, 0.1) is 0 Å². The predicted octanol–water partition coefficient (Wildman–Crippen LogP) is 3.49. The average Bonchev–Trinajstić information content (AvgIpc) is 2.91. The molecule has 1 aliphatic rings. The second kappa shape index (κ2) is 7.05. The van der Waals surface area contributed by atoms with Gasteiger partial charge in [-0.05, 0) is 18.1 Å². The lowest BCUT2D eigenvalue weighted by Crippen LogP contribution is -2.11. The van der Waals surface area contributed by atoms with Gasteiger partial charge in [0.15, 0.2) is 11.5 Å². The molecule has 1 N–H and O–H groups in total. The van der Waals surface area contributed by atoms with Gasteiger partial charge in [-0.15, -0.1) is 0 Å². The second-order valence-corrected chi connectivity index (χ2v) is 5.27. The van der Waals surface area contributed by atoms with Gasteiger partial charge in [-0.3, -0.25) is 0 Å². The van der Waals surface area contributed by atoms with Crippen LogP contribution in [0.3, 0.4) is 0 Å². The molecule has 0 atom stereocenters. The number of esters is 2. The molecule has 0 saturated carbocycles. The van der Waals surface area contributed by atoms with E-state index in [4.69, 9.17) is 9.47 Å². The molecule has 0 unspecified atom stereocenters. The largest absolute Gasteiger partial charge is 0.504 e. The van der Waals surface area contributed by atoms with Crippen LogP contribution in [0.15, 0.2) is 72.2 Å². The van der Waals surface area contributed by atoms with Gasteiger partial charge >= 0.3 is 11.9 Å². The van der Waals surface area contributed by atoms with E-state index in [0.717, 1.165) is 0 Å². The fourth-order valence-electron chi connectivity index (χ4n) is 2.58. The standard InChI is InChI=1S/C20H16O5/c1-2-24-19(22)16(14-11-7-4-8-12-14)18-17(21)15(20(23)25-18)13-9-5-3-6-10-13/h3-12,21H,2H2,1H3. The van der Waals surface area contributed by atoms with Crippen molar-refractivity contribution in [1.29, 1.82) is 0 Å². The highest BCUT2D eigenvalue weighted by molar-refractivity contribution is 6.25. The van der Waals surface area contributed by atoms with Crippen molar-refractivity contribution in [2.24, 2.45) is 0 Å². The quantitative estimate of drug-likeness (QED) is 0.683. The third kappa shape index (κ3) is 3.17. The summed E-state index contributed by atoms with van der Waals surface area (Å²) >= 11 is 0. The molecule has 0 amide bonds. The monoisotopic (exact) mass is 336 g/mol. The summed E-state index contributed by atoms with van der Waals surface area (Å²) in [5.41, 5.74) is 1.04. The summed E-state index contributed by atoms with van der Waals surface area (Å²) in [6, 6.07) is 17.3. The number of ether oxygens (including phenoxy) is 2. The number of aliphatic hydroxyl groups excluding tert-OH is 1. The maximum Gasteiger partial charge on any atom is 0.348 e. The molecular weight excluding hydrogens is 320 g/mol. The molecular formula is C20H16O5. The molecule has 2 aromatic carbocycles. The number of benzene rings is 2. The summed E-state index contributed by atoms with van der Waals surface area (Å²) in [6.07, 6.45) is 0. The number of aliphatic hydroxyl groups is 1. The normalized spacial score (nSPS) is 15.8. The van der Waals surface area contributed by atoms with Crippen LogP contribution >= 0.6 is 0 Å². The molecule has 25 heavy (non-hydrogen) atoms. The van der Waals surface area contributed by atoms with E-state index in [1.807, 2.05) is 0 Å². The first-order valence-electron chi connectivity index (χ1n) is 7.81. The number of carbonyl (C=O) groups is 2. The molecule has 0 aromatic heterocycles. The number of hydrogen-bond donors (Lipinski definition) is 1. The summed E-state index contributed by atoms with van der Waals surface area (Å²) in [6.45, 7) is 1.84. The van der Waals surface area contributed by atoms with Crippen LogP contribution in [0.1, 0.15) is 18.1 Å². The maximum atomic E-state index is 12.4. The molecule has 3 rings (SSSR count). The van der Waals surface area contributed by atoms with Crippen molar-refractivity contribution < 1.29 is 24.2 Å². The van der Waals surface area contributed by atoms with Crippen molar-refractivity contribution in [3.05, 3.63) is 83.3 Å². The molecule has 1 heterocycles. The lowest BCUT2D eigenvalue weighted by molar-refractivity contribution is -0.136. The molecule has 5 nitrogen and oxygen atoms in total. The highest BCUT2D eigenvalue weighted by Crippen LogP contribution is 2.36. The van der Waals surface area contributed by atoms with Crippen molar-refractivity contribution in [3.63, 3.8) is 0 Å². The Labute approximate surface area is 144 Å². The first-order valence-corrected chi connectivity index (χ1v) is 7.81. The van der Waals surface area contributed by atoms with Gasteiger partial charge in [-0.1, -0.05) is 60.7 Å². The van der Waals surface area contributed by atoms with Crippen LogP contribution in [0.2, 0.25) is 0 Å². The highest BCUT2D eigenvalue weighted by Gasteiger charge is 2.36. The summed E-state index contributed by atoms with van der Waals surface area (Å²) < 4.78 is 10.3. The minimum atomic E-state index is -0.712. The summed E-state index contributed by atoms with van der Waals surface area (Å²) in [5.74, 6) is -1.94. The van der Waals surface area contributed by atoms with Gasteiger partial charge < -0.3 is 14.6 Å². The fraction of sp³-hybridized carbons (Fsp3) is 0.100. The lowest BCUT2D eigenvalue weighted by Gasteiger charge is -2.10. The number of rotatable bonds is 4. The number of cyclic esters (lactones) is 1. The van der Waals surface area contributed by atoms with E-state index in [1.165, 1.54) is 0 Å². The molecule has 0 radical (unpaired) electrons. The fourth-order valence-corrected chi connectivity index (χ4v) is 2.58. The third-order valence-electron chi connectivity index (χ3n) is 3.68. The number of hydrogen-bond acceptors (Lipinski definition) is 5. The Bertz CT molecular complexity index is 863. The van der Waals surface area contributed by atoms with E-state index in [9.17, 15) is 14.7 Å². The van der Waals surface area contributed by atoms with Crippen LogP contribution < -0.4 is 0 Å². The minimum absolute atomic E-state index is 0.0132. The molecule has 5 heteroatoms. The zero-order chi connectivity index (χ0) is 17.8. The van der Waals surface area contributed by atoms with Crippen molar-refractivity contribution in [3.8, 4) is 0 Å². The van der Waals surface area contributed by atoms with E-state index >= 15 is 0 Å². The SMILES string of the molecule is CCOC(=O)C(=C1OC(=O)C(c2ccccc2)=C1O)c1ccccc1. The van der Waals surface area contributed by atoms with Gasteiger partial charge in [-0.2, -0.15) is 0 Å². The molecule has 126 valence electrons. The summed E-state index contributed by atoms with van der Waals surface area (Å²) in [4.78, 5) is 24.7. The van der Waals surface area contributed by atoms with Crippen LogP contribution in [-0.4, -0.2) is 23.7 Å². The van der Waals surface area contributed by atoms with Crippen molar-refractivity contribution >= 4 is 23.1 Å². The van der Waals surface area contributed by atoms with Crippen molar-refractivity contribution in [2.45, 2.75) is 6.92 Å². The molecule has 2 aromatic rings. The van der Waals surface area contributed by atoms with Crippen LogP contribution in [0.5, 0.6) is 0 Å². The Hall–Kier alpha value is -3.34. The van der Waals surface area contributed by atoms with Crippen LogP contribution in [0.25, 0.3) is 11.1 Å². The second-order valence-electron chi connectivity index (χ2n) is 5.27. The van der Waals surface area contributed by atoms with E-state index < -0.39 is 11.9 Å². The molecule has 0 saturated heterocycles. The Kier molecular flexibility index (Phi) is 4.66. The predicted molar refractivity (Wildman–Crippen MR) is 92.1 cm³/mol. The van der Waals surface area contributed by atoms with E-state index in [1.54, 1.807) is 67.6 Å². The first kappa shape index (κ1) is 16.5. The van der Waals surface area contributed by atoms with Gasteiger partial charge in [0, 0.05) is 0 Å². The average molecular weight is 336 g/mol.